The van der Waals surface area contributed by atoms with E-state index in [9.17, 15) is 24.7 Å². The first-order valence-corrected chi connectivity index (χ1v) is 13.1. The molecule has 0 aliphatic carbocycles. The van der Waals surface area contributed by atoms with Crippen molar-refractivity contribution in [3.63, 3.8) is 0 Å². The van der Waals surface area contributed by atoms with Crippen molar-refractivity contribution in [1.82, 2.24) is 15.2 Å². The Hall–Kier alpha value is -2.20. The highest BCUT2D eigenvalue weighted by atomic mass is 32.2. The van der Waals surface area contributed by atoms with Crippen molar-refractivity contribution < 1.29 is 24.7 Å². The lowest BCUT2D eigenvalue weighted by Gasteiger charge is -2.49. The number of carbonyl (C=O) groups is 3. The summed E-state index contributed by atoms with van der Waals surface area (Å²) in [5.74, 6) is -0.608. The second kappa shape index (κ2) is 11.1. The summed E-state index contributed by atoms with van der Waals surface area (Å²) in [5.41, 5.74) is 10.6. The third-order valence-electron chi connectivity index (χ3n) is 4.28. The molecule has 1 fully saturated rings. The van der Waals surface area contributed by atoms with E-state index >= 15 is 0 Å². The highest BCUT2D eigenvalue weighted by Gasteiger charge is 2.54. The Morgan fingerprint density at radius 1 is 1.47 bits per heavy atom. The fraction of sp³-hybridized carbons (Fsp3) is 0.353. The monoisotopic (exact) mass is 516 g/mol. The summed E-state index contributed by atoms with van der Waals surface area (Å²) >= 11 is 5.33. The van der Waals surface area contributed by atoms with Gasteiger partial charge in [-0.15, -0.1) is 23.1 Å². The van der Waals surface area contributed by atoms with Crippen molar-refractivity contribution in [2.45, 2.75) is 11.4 Å². The van der Waals surface area contributed by atoms with Crippen LogP contribution in [0.4, 0.5) is 5.13 Å². The van der Waals surface area contributed by atoms with E-state index in [1.54, 1.807) is 17.2 Å². The number of nitrogens with two attached hydrogens (primary N) is 2. The van der Waals surface area contributed by atoms with Crippen molar-refractivity contribution in [3.8, 4) is 0 Å². The van der Waals surface area contributed by atoms with Gasteiger partial charge in [-0.25, -0.2) is 9.78 Å². The number of hydrogen-bond donors (Lipinski definition) is 5. The number of β-lactam (4-membered cyclic amide) rings is 1. The number of rotatable bonds is 10. The number of aromatic nitrogens is 1. The number of aliphatic carboxylic acids is 1. The van der Waals surface area contributed by atoms with E-state index in [1.807, 2.05) is 6.08 Å². The first kappa shape index (κ1) is 24.4. The van der Waals surface area contributed by atoms with Crippen LogP contribution in [0.25, 0.3) is 0 Å². The van der Waals surface area contributed by atoms with Gasteiger partial charge in [-0.3, -0.25) is 14.5 Å². The van der Waals surface area contributed by atoms with Crippen LogP contribution in [0.2, 0.25) is 0 Å². The van der Waals surface area contributed by atoms with Gasteiger partial charge in [-0.1, -0.05) is 23.0 Å². The maximum absolute atomic E-state index is 12.7. The minimum Gasteiger partial charge on any atom is -0.477 e. The zero-order valence-corrected chi connectivity index (χ0v) is 19.7. The number of carbonyl (C=O) groups excluding carboxylic acids is 2. The lowest BCUT2D eigenvalue weighted by atomic mass is 10.0. The van der Waals surface area contributed by atoms with Gasteiger partial charge < -0.3 is 27.1 Å². The van der Waals surface area contributed by atoms with Gasteiger partial charge in [0.25, 0.3) is 11.8 Å². The number of thioether (sulfide) groups is 3. The van der Waals surface area contributed by atoms with Gasteiger partial charge in [0.1, 0.15) is 22.8 Å². The zero-order valence-electron chi connectivity index (χ0n) is 16.5. The molecule has 1 saturated heterocycles. The third-order valence-corrected chi connectivity index (χ3v) is 8.32. The van der Waals surface area contributed by atoms with Crippen LogP contribution in [0.5, 0.6) is 0 Å². The van der Waals surface area contributed by atoms with E-state index in [1.165, 1.54) is 33.8 Å². The van der Waals surface area contributed by atoms with Gasteiger partial charge in [0, 0.05) is 34.1 Å². The quantitative estimate of drug-likeness (QED) is 0.0961. The highest BCUT2D eigenvalue weighted by Crippen LogP contribution is 2.43. The summed E-state index contributed by atoms with van der Waals surface area (Å²) in [6.45, 7) is 0.594. The standard InChI is InChI=1S/C17H20N6O5S4/c18-2-5-29-3-1-4-30-9-7-31-15-11(14(25)23(15)12(9)16(26)27)21-13(24)10(22-28)8-6-32-17(19)20-8/h1,4,6,11,15,28H,2-3,5,7,18H2,(H2,19,20)(H,21,24)(H,26,27)/b4-1-,22-10-/t11?,15-/m1/s1. The number of amides is 2. The van der Waals surface area contributed by atoms with Crippen LogP contribution in [0.3, 0.4) is 0 Å². The van der Waals surface area contributed by atoms with E-state index in [-0.39, 0.29) is 22.2 Å². The van der Waals surface area contributed by atoms with E-state index in [0.29, 0.717) is 17.2 Å². The Morgan fingerprint density at radius 3 is 2.88 bits per heavy atom. The minimum atomic E-state index is -1.21. The number of anilines is 1. The molecule has 0 saturated carbocycles. The normalized spacial score (nSPS) is 21.0. The van der Waals surface area contributed by atoms with Crippen molar-refractivity contribution in [3.05, 3.63) is 33.2 Å². The number of nitrogen functional groups attached to an aromatic ring is 1. The van der Waals surface area contributed by atoms with Gasteiger partial charge in [-0.05, 0) is 5.41 Å². The average molecular weight is 517 g/mol. The van der Waals surface area contributed by atoms with Crippen LogP contribution in [-0.2, 0) is 14.4 Å². The summed E-state index contributed by atoms with van der Waals surface area (Å²) in [6.07, 6.45) is 1.91. The second-order valence-electron chi connectivity index (χ2n) is 6.31. The van der Waals surface area contributed by atoms with Crippen LogP contribution in [-0.4, -0.2) is 78.9 Å². The molecule has 0 bridgehead atoms. The molecule has 0 spiro atoms. The first-order valence-electron chi connectivity index (χ1n) is 9.14. The Morgan fingerprint density at radius 2 is 2.25 bits per heavy atom. The van der Waals surface area contributed by atoms with Crippen LogP contribution < -0.4 is 16.8 Å². The predicted octanol–water partition coefficient (Wildman–Crippen LogP) is 0.539. The Kier molecular flexibility index (Phi) is 8.47. The van der Waals surface area contributed by atoms with Crippen LogP contribution in [0.15, 0.2) is 32.6 Å². The molecule has 32 heavy (non-hydrogen) atoms. The Labute approximate surface area is 199 Å². The number of nitrogens with one attached hydrogen (secondary N) is 1. The number of thiazole rings is 1. The molecular formula is C17H20N6O5S4. The molecule has 11 nitrogen and oxygen atoms in total. The highest BCUT2D eigenvalue weighted by molar-refractivity contribution is 8.08. The van der Waals surface area contributed by atoms with Crippen molar-refractivity contribution in [1.29, 1.82) is 0 Å². The molecule has 3 heterocycles. The molecule has 15 heteroatoms. The van der Waals surface area contributed by atoms with Crippen molar-refractivity contribution in [2.75, 3.05) is 29.5 Å². The molecule has 0 aromatic carbocycles. The molecule has 2 atom stereocenters. The van der Waals surface area contributed by atoms with Gasteiger partial charge in [0.05, 0.1) is 0 Å². The minimum absolute atomic E-state index is 0.0774. The summed E-state index contributed by atoms with van der Waals surface area (Å²) < 4.78 is 0. The Bertz CT molecular complexity index is 994. The first-order chi connectivity index (χ1) is 15.4. The topological polar surface area (TPSA) is 184 Å². The maximum atomic E-state index is 12.7. The average Bonchev–Trinajstić information content (AvgIpc) is 3.19. The lowest BCUT2D eigenvalue weighted by molar-refractivity contribution is -0.150. The van der Waals surface area contributed by atoms with Gasteiger partial charge >= 0.3 is 5.97 Å². The maximum Gasteiger partial charge on any atom is 0.353 e. The van der Waals surface area contributed by atoms with E-state index < -0.39 is 29.2 Å². The van der Waals surface area contributed by atoms with Crippen molar-refractivity contribution in [2.24, 2.45) is 10.9 Å². The molecule has 3 rings (SSSR count). The SMILES string of the molecule is NCCSC/C=C\SC1=C(C(=O)O)N2C(=O)C(NC(=O)/C(=N\O)c3csc(N)n3)[C@H]2SC1. The van der Waals surface area contributed by atoms with Gasteiger partial charge in [0.2, 0.25) is 0 Å². The lowest BCUT2D eigenvalue weighted by Crippen LogP contribution is -2.71. The number of fused-ring (bicyclic) bond motifs is 1. The van der Waals surface area contributed by atoms with Gasteiger partial charge in [0.15, 0.2) is 10.8 Å². The molecule has 2 aliphatic rings. The van der Waals surface area contributed by atoms with Crippen LogP contribution in [0.1, 0.15) is 5.69 Å². The van der Waals surface area contributed by atoms with Crippen LogP contribution in [0, 0.1) is 0 Å². The molecule has 2 amide bonds. The summed E-state index contributed by atoms with van der Waals surface area (Å²) in [5, 5.41) is 27.2. The smallest absolute Gasteiger partial charge is 0.353 e. The molecule has 7 N–H and O–H groups in total. The largest absolute Gasteiger partial charge is 0.477 e. The molecule has 0 radical (unpaired) electrons. The summed E-state index contributed by atoms with van der Waals surface area (Å²) in [4.78, 5) is 42.7. The van der Waals surface area contributed by atoms with E-state index in [2.05, 4.69) is 15.5 Å². The predicted molar refractivity (Wildman–Crippen MR) is 128 cm³/mol. The third kappa shape index (κ3) is 5.23. The molecular weight excluding hydrogens is 496 g/mol. The fourth-order valence-electron chi connectivity index (χ4n) is 2.90. The molecule has 1 unspecified atom stereocenters. The molecule has 1 aromatic heterocycles. The van der Waals surface area contributed by atoms with Crippen molar-refractivity contribution >= 4 is 75.2 Å². The second-order valence-corrected chi connectivity index (χ2v) is 10.5. The molecule has 1 aromatic rings. The number of carboxylic acid groups (broad SMARTS) is 1. The van der Waals surface area contributed by atoms with E-state index in [0.717, 1.165) is 22.8 Å². The number of nitrogens with zero attached hydrogens (tertiary/aromatic N) is 3. The molecule has 2 aliphatic heterocycles. The summed E-state index contributed by atoms with van der Waals surface area (Å²) in [7, 11) is 0. The fourth-order valence-corrected chi connectivity index (χ4v) is 6.46. The van der Waals surface area contributed by atoms with E-state index in [4.69, 9.17) is 11.5 Å². The molecule has 172 valence electrons. The number of oxime groups is 1. The number of carboxylic acids is 1. The van der Waals surface area contributed by atoms with Gasteiger partial charge in [-0.2, -0.15) is 11.8 Å². The van der Waals surface area contributed by atoms with Crippen LogP contribution >= 0.6 is 46.6 Å². The number of hydrogen-bond acceptors (Lipinski definition) is 12. The zero-order chi connectivity index (χ0) is 23.3. The summed E-state index contributed by atoms with van der Waals surface area (Å²) in [6, 6.07) is -0.954. The Balaban J connectivity index is 1.68.